The van der Waals surface area contributed by atoms with Crippen molar-refractivity contribution in [2.45, 2.75) is 46.1 Å². The fraction of sp³-hybridized carbons (Fsp3) is 0.444. The molecule has 0 bridgehead atoms. The Morgan fingerprint density at radius 2 is 2.04 bits per heavy atom. The molecule has 2 aromatic rings. The number of aromatic nitrogens is 3. The lowest BCUT2D eigenvalue weighted by Crippen LogP contribution is -2.35. The van der Waals surface area contributed by atoms with Crippen molar-refractivity contribution in [3.8, 4) is 5.82 Å². The number of esters is 1. The molecular formula is C18H24N4O3. The van der Waals surface area contributed by atoms with Crippen molar-refractivity contribution in [1.82, 2.24) is 20.1 Å². The van der Waals surface area contributed by atoms with E-state index < -0.39 is 5.97 Å². The van der Waals surface area contributed by atoms with Crippen LogP contribution in [0.25, 0.3) is 5.82 Å². The largest absolute Gasteiger partial charge is 0.452 e. The number of ether oxygens (including phenoxy) is 1. The van der Waals surface area contributed by atoms with Crippen LogP contribution < -0.4 is 5.32 Å². The number of amides is 1. The molecule has 0 saturated heterocycles. The summed E-state index contributed by atoms with van der Waals surface area (Å²) in [6.45, 7) is 7.48. The van der Waals surface area contributed by atoms with Crippen LogP contribution in [0, 0.1) is 0 Å². The molecular weight excluding hydrogens is 320 g/mol. The number of nitrogens with zero attached hydrogens (tertiary/aromatic N) is 3. The molecule has 2 aromatic heterocycles. The maximum atomic E-state index is 12.4. The lowest BCUT2D eigenvalue weighted by Gasteiger charge is -2.13. The van der Waals surface area contributed by atoms with Crippen LogP contribution in [-0.4, -0.2) is 39.3 Å². The number of carbonyl (C=O) groups is 2. The van der Waals surface area contributed by atoms with E-state index in [4.69, 9.17) is 4.74 Å². The second kappa shape index (κ2) is 8.41. The van der Waals surface area contributed by atoms with Gasteiger partial charge in [0.15, 0.2) is 12.4 Å². The average molecular weight is 344 g/mol. The maximum absolute atomic E-state index is 12.4. The van der Waals surface area contributed by atoms with Gasteiger partial charge in [-0.3, -0.25) is 4.79 Å². The highest BCUT2D eigenvalue weighted by molar-refractivity contribution is 5.92. The molecule has 0 aliphatic carbocycles. The van der Waals surface area contributed by atoms with Crippen LogP contribution in [0.2, 0.25) is 0 Å². The maximum Gasteiger partial charge on any atom is 0.342 e. The molecule has 1 unspecified atom stereocenters. The Bertz CT molecular complexity index is 725. The van der Waals surface area contributed by atoms with Crippen molar-refractivity contribution in [2.24, 2.45) is 0 Å². The monoisotopic (exact) mass is 344 g/mol. The molecule has 7 nitrogen and oxygen atoms in total. The summed E-state index contributed by atoms with van der Waals surface area (Å²) in [7, 11) is 0. The van der Waals surface area contributed by atoms with Gasteiger partial charge in [-0.05, 0) is 31.4 Å². The Balaban J connectivity index is 2.15. The van der Waals surface area contributed by atoms with Gasteiger partial charge in [0, 0.05) is 12.2 Å². The number of carbonyl (C=O) groups excluding carboxylic acids is 2. The van der Waals surface area contributed by atoms with E-state index >= 15 is 0 Å². The SMILES string of the molecule is CCC(C)NC(=O)COC(=O)c1cnn(-c2ccccn2)c1C(C)C. The van der Waals surface area contributed by atoms with E-state index in [0.29, 0.717) is 17.1 Å². The fourth-order valence-corrected chi connectivity index (χ4v) is 2.36. The first kappa shape index (κ1) is 18.6. The Labute approximate surface area is 147 Å². The Kier molecular flexibility index (Phi) is 6.27. The molecule has 1 atom stereocenters. The molecule has 0 spiro atoms. The Morgan fingerprint density at radius 3 is 2.64 bits per heavy atom. The van der Waals surface area contributed by atoms with Gasteiger partial charge in [-0.2, -0.15) is 5.10 Å². The van der Waals surface area contributed by atoms with Crippen molar-refractivity contribution in [2.75, 3.05) is 6.61 Å². The second-order valence-corrected chi connectivity index (χ2v) is 6.15. The first-order chi connectivity index (χ1) is 11.9. The van der Waals surface area contributed by atoms with Crippen LogP contribution in [-0.2, 0) is 9.53 Å². The second-order valence-electron chi connectivity index (χ2n) is 6.15. The van der Waals surface area contributed by atoms with Crippen LogP contribution in [0.15, 0.2) is 30.6 Å². The number of nitrogens with one attached hydrogen (secondary N) is 1. The third-order valence-corrected chi connectivity index (χ3v) is 3.79. The van der Waals surface area contributed by atoms with Gasteiger partial charge in [-0.1, -0.05) is 26.8 Å². The Hall–Kier alpha value is -2.70. The van der Waals surface area contributed by atoms with E-state index in [0.717, 1.165) is 6.42 Å². The summed E-state index contributed by atoms with van der Waals surface area (Å²) in [6, 6.07) is 5.52. The summed E-state index contributed by atoms with van der Waals surface area (Å²) < 4.78 is 6.78. The van der Waals surface area contributed by atoms with Crippen molar-refractivity contribution in [3.63, 3.8) is 0 Å². The van der Waals surface area contributed by atoms with Crippen molar-refractivity contribution >= 4 is 11.9 Å². The minimum Gasteiger partial charge on any atom is -0.452 e. The Morgan fingerprint density at radius 1 is 1.28 bits per heavy atom. The summed E-state index contributed by atoms with van der Waals surface area (Å²) in [5.41, 5.74) is 1.04. The molecule has 25 heavy (non-hydrogen) atoms. The molecule has 134 valence electrons. The first-order valence-corrected chi connectivity index (χ1v) is 8.39. The molecule has 0 aromatic carbocycles. The van der Waals surface area contributed by atoms with Crippen molar-refractivity contribution in [3.05, 3.63) is 41.9 Å². The van der Waals surface area contributed by atoms with Gasteiger partial charge < -0.3 is 10.1 Å². The van der Waals surface area contributed by atoms with Gasteiger partial charge in [0.1, 0.15) is 5.56 Å². The van der Waals surface area contributed by atoms with E-state index in [1.54, 1.807) is 10.9 Å². The van der Waals surface area contributed by atoms with Crippen LogP contribution >= 0.6 is 0 Å². The van der Waals surface area contributed by atoms with E-state index in [1.165, 1.54) is 6.20 Å². The van der Waals surface area contributed by atoms with Crippen LogP contribution in [0.4, 0.5) is 0 Å². The van der Waals surface area contributed by atoms with Crippen molar-refractivity contribution < 1.29 is 14.3 Å². The van der Waals surface area contributed by atoms with Crippen LogP contribution in [0.5, 0.6) is 0 Å². The van der Waals surface area contributed by atoms with E-state index in [1.807, 2.05) is 45.9 Å². The minimum atomic E-state index is -0.565. The lowest BCUT2D eigenvalue weighted by molar-refractivity contribution is -0.124. The van der Waals surface area contributed by atoms with Crippen molar-refractivity contribution in [1.29, 1.82) is 0 Å². The number of hydrogen-bond acceptors (Lipinski definition) is 5. The third-order valence-electron chi connectivity index (χ3n) is 3.79. The van der Waals surface area contributed by atoms with Gasteiger partial charge in [0.2, 0.25) is 0 Å². The molecule has 7 heteroatoms. The van der Waals surface area contributed by atoms with Gasteiger partial charge in [-0.25, -0.2) is 14.5 Å². The molecule has 2 heterocycles. The van der Waals surface area contributed by atoms with Gasteiger partial charge >= 0.3 is 5.97 Å². The zero-order valence-corrected chi connectivity index (χ0v) is 15.0. The molecule has 0 fully saturated rings. The normalized spacial score (nSPS) is 12.0. The zero-order valence-electron chi connectivity index (χ0n) is 15.0. The van der Waals surface area contributed by atoms with Gasteiger partial charge in [0.05, 0.1) is 11.9 Å². The smallest absolute Gasteiger partial charge is 0.342 e. The third kappa shape index (κ3) is 4.65. The molecule has 1 amide bonds. The summed E-state index contributed by atoms with van der Waals surface area (Å²) >= 11 is 0. The molecule has 1 N–H and O–H groups in total. The quantitative estimate of drug-likeness (QED) is 0.780. The summed E-state index contributed by atoms with van der Waals surface area (Å²) in [6.07, 6.45) is 3.94. The van der Waals surface area contributed by atoms with Gasteiger partial charge in [0.25, 0.3) is 5.91 Å². The highest BCUT2D eigenvalue weighted by Gasteiger charge is 2.23. The number of rotatable bonds is 7. The molecule has 0 saturated carbocycles. The predicted octanol–water partition coefficient (Wildman–Crippen LogP) is 2.46. The molecule has 2 rings (SSSR count). The van der Waals surface area contributed by atoms with Gasteiger partial charge in [-0.15, -0.1) is 0 Å². The average Bonchev–Trinajstić information content (AvgIpc) is 3.05. The molecule has 0 aliphatic rings. The van der Waals surface area contributed by atoms with Crippen LogP contribution in [0.3, 0.4) is 0 Å². The molecule has 0 radical (unpaired) electrons. The highest BCUT2D eigenvalue weighted by Crippen LogP contribution is 2.22. The first-order valence-electron chi connectivity index (χ1n) is 8.39. The van der Waals surface area contributed by atoms with Crippen LogP contribution in [0.1, 0.15) is 56.1 Å². The number of pyridine rings is 1. The topological polar surface area (TPSA) is 86.1 Å². The summed E-state index contributed by atoms with van der Waals surface area (Å²) in [5.74, 6) is -0.225. The van der Waals surface area contributed by atoms with E-state index in [9.17, 15) is 9.59 Å². The number of hydrogen-bond donors (Lipinski definition) is 1. The summed E-state index contributed by atoms with van der Waals surface area (Å²) in [4.78, 5) is 28.4. The fourth-order valence-electron chi connectivity index (χ4n) is 2.36. The molecule has 0 aliphatic heterocycles. The lowest BCUT2D eigenvalue weighted by atomic mass is 10.1. The standard InChI is InChI=1S/C18H24N4O3/c1-5-13(4)21-16(23)11-25-18(24)14-10-20-22(17(14)12(2)3)15-8-6-7-9-19-15/h6-10,12-13H,5,11H2,1-4H3,(H,21,23). The highest BCUT2D eigenvalue weighted by atomic mass is 16.5. The van der Waals surface area contributed by atoms with E-state index in [-0.39, 0.29) is 24.5 Å². The van der Waals surface area contributed by atoms with E-state index in [2.05, 4.69) is 15.4 Å². The predicted molar refractivity (Wildman–Crippen MR) is 93.6 cm³/mol. The summed E-state index contributed by atoms with van der Waals surface area (Å²) in [5, 5.41) is 7.03. The minimum absolute atomic E-state index is 0.0287. The zero-order chi connectivity index (χ0) is 18.4.